The Hall–Kier alpha value is -1.45. The number of benzene rings is 2. The first-order valence-corrected chi connectivity index (χ1v) is 5.78. The van der Waals surface area contributed by atoms with Crippen molar-refractivity contribution in [2.45, 2.75) is 12.5 Å². The van der Waals surface area contributed by atoms with Crippen LogP contribution in [0.25, 0.3) is 0 Å². The van der Waals surface area contributed by atoms with Crippen molar-refractivity contribution >= 4 is 11.6 Å². The third-order valence-corrected chi connectivity index (χ3v) is 3.05. The summed E-state index contributed by atoms with van der Waals surface area (Å²) in [5.74, 6) is 0. The van der Waals surface area contributed by atoms with Crippen LogP contribution in [-0.4, -0.2) is 5.11 Å². The van der Waals surface area contributed by atoms with E-state index in [-0.39, 0.29) is 5.56 Å². The summed E-state index contributed by atoms with van der Waals surface area (Å²) in [6.07, 6.45) is -3.41. The van der Waals surface area contributed by atoms with Gasteiger partial charge in [-0.15, -0.1) is 0 Å². The molecule has 0 saturated heterocycles. The quantitative estimate of drug-likeness (QED) is 0.877. The van der Waals surface area contributed by atoms with Crippen LogP contribution in [0.1, 0.15) is 29.2 Å². The monoisotopic (exact) mass is 268 g/mol. The summed E-state index contributed by atoms with van der Waals surface area (Å²) in [5.41, 5.74) is 1.03. The molecule has 4 heteroatoms. The van der Waals surface area contributed by atoms with E-state index in [4.69, 9.17) is 11.6 Å². The highest BCUT2D eigenvalue weighted by Gasteiger charge is 2.14. The van der Waals surface area contributed by atoms with Gasteiger partial charge < -0.3 is 5.11 Å². The molecule has 94 valence electrons. The van der Waals surface area contributed by atoms with E-state index < -0.39 is 12.5 Å². The number of rotatable bonds is 3. The molecule has 0 radical (unpaired) electrons. The van der Waals surface area contributed by atoms with Crippen LogP contribution in [0.2, 0.25) is 5.02 Å². The lowest BCUT2D eigenvalue weighted by atomic mass is 10.0. The van der Waals surface area contributed by atoms with Crippen LogP contribution in [0.3, 0.4) is 0 Å². The van der Waals surface area contributed by atoms with Gasteiger partial charge in [-0.25, -0.2) is 8.78 Å². The molecule has 0 saturated carbocycles. The summed E-state index contributed by atoms with van der Waals surface area (Å²) in [7, 11) is 0. The third kappa shape index (κ3) is 2.68. The van der Waals surface area contributed by atoms with Gasteiger partial charge in [-0.05, 0) is 11.6 Å². The van der Waals surface area contributed by atoms with Gasteiger partial charge in [0.2, 0.25) is 0 Å². The first-order chi connectivity index (χ1) is 8.59. The zero-order valence-corrected chi connectivity index (χ0v) is 10.1. The van der Waals surface area contributed by atoms with E-state index in [0.717, 1.165) is 0 Å². The molecule has 0 spiro atoms. The molecule has 0 aliphatic heterocycles. The van der Waals surface area contributed by atoms with Gasteiger partial charge >= 0.3 is 0 Å². The summed E-state index contributed by atoms with van der Waals surface area (Å²) in [5, 5.41) is 10.6. The second kappa shape index (κ2) is 5.46. The Labute approximate surface area is 109 Å². The van der Waals surface area contributed by atoms with Crippen LogP contribution in [0.5, 0.6) is 0 Å². The van der Waals surface area contributed by atoms with Crippen molar-refractivity contribution in [1.82, 2.24) is 0 Å². The molecule has 2 rings (SSSR count). The van der Waals surface area contributed by atoms with Crippen LogP contribution in [-0.2, 0) is 0 Å². The molecule has 1 atom stereocenters. The summed E-state index contributed by atoms with van der Waals surface area (Å²) in [6.45, 7) is 0. The van der Waals surface area contributed by atoms with Gasteiger partial charge in [-0.2, -0.15) is 0 Å². The van der Waals surface area contributed by atoms with Gasteiger partial charge in [0, 0.05) is 16.1 Å². The molecule has 2 aromatic carbocycles. The van der Waals surface area contributed by atoms with Gasteiger partial charge in [0.25, 0.3) is 6.43 Å². The lowest BCUT2D eigenvalue weighted by Crippen LogP contribution is -2.00. The number of alkyl halides is 2. The molecule has 0 aliphatic rings. The van der Waals surface area contributed by atoms with Crippen molar-refractivity contribution < 1.29 is 13.9 Å². The van der Waals surface area contributed by atoms with Gasteiger partial charge in [-0.1, -0.05) is 54.1 Å². The molecule has 0 heterocycles. The summed E-state index contributed by atoms with van der Waals surface area (Å²) in [6, 6.07) is 12.5. The Morgan fingerprint density at radius 3 is 2.00 bits per heavy atom. The average Bonchev–Trinajstić information content (AvgIpc) is 2.38. The number of hydrogen-bond donors (Lipinski definition) is 1. The van der Waals surface area contributed by atoms with Crippen LogP contribution < -0.4 is 0 Å². The van der Waals surface area contributed by atoms with Gasteiger partial charge in [0.15, 0.2) is 0 Å². The Kier molecular flexibility index (Phi) is 3.94. The maximum atomic E-state index is 12.4. The molecule has 1 N–H and O–H groups in total. The van der Waals surface area contributed by atoms with Crippen LogP contribution in [0.4, 0.5) is 8.78 Å². The van der Waals surface area contributed by atoms with E-state index in [0.29, 0.717) is 16.1 Å². The zero-order valence-electron chi connectivity index (χ0n) is 9.35. The van der Waals surface area contributed by atoms with Crippen molar-refractivity contribution in [2.24, 2.45) is 0 Å². The largest absolute Gasteiger partial charge is 0.384 e. The molecule has 0 bridgehead atoms. The predicted molar refractivity (Wildman–Crippen MR) is 66.9 cm³/mol. The van der Waals surface area contributed by atoms with Crippen LogP contribution in [0.15, 0.2) is 48.5 Å². The van der Waals surface area contributed by atoms with Crippen molar-refractivity contribution in [1.29, 1.82) is 0 Å². The lowest BCUT2D eigenvalue weighted by molar-refractivity contribution is 0.151. The van der Waals surface area contributed by atoms with E-state index >= 15 is 0 Å². The Morgan fingerprint density at radius 1 is 0.889 bits per heavy atom. The summed E-state index contributed by atoms with van der Waals surface area (Å²) < 4.78 is 24.8. The van der Waals surface area contributed by atoms with Crippen LogP contribution >= 0.6 is 11.6 Å². The fourth-order valence-corrected chi connectivity index (χ4v) is 1.94. The number of aliphatic hydroxyl groups is 1. The van der Waals surface area contributed by atoms with Gasteiger partial charge in [0.05, 0.1) is 0 Å². The molecule has 18 heavy (non-hydrogen) atoms. The van der Waals surface area contributed by atoms with E-state index in [2.05, 4.69) is 0 Å². The van der Waals surface area contributed by atoms with E-state index in [1.54, 1.807) is 24.3 Å². The minimum absolute atomic E-state index is 0.0647. The number of hydrogen-bond acceptors (Lipinski definition) is 1. The fraction of sp³-hybridized carbons (Fsp3) is 0.143. The lowest BCUT2D eigenvalue weighted by Gasteiger charge is -2.13. The minimum Gasteiger partial charge on any atom is -0.384 e. The van der Waals surface area contributed by atoms with Crippen molar-refractivity contribution in [2.75, 3.05) is 0 Å². The smallest absolute Gasteiger partial charge is 0.263 e. The first-order valence-electron chi connectivity index (χ1n) is 5.40. The summed E-state index contributed by atoms with van der Waals surface area (Å²) >= 11 is 5.97. The molecular formula is C14H11ClF2O. The molecule has 0 amide bonds. The first kappa shape index (κ1) is 13.0. The highest BCUT2D eigenvalue weighted by atomic mass is 35.5. The predicted octanol–water partition coefficient (Wildman–Crippen LogP) is 4.36. The van der Waals surface area contributed by atoms with Crippen LogP contribution in [0, 0.1) is 0 Å². The number of aliphatic hydroxyl groups excluding tert-OH is 1. The maximum absolute atomic E-state index is 12.4. The third-order valence-electron chi connectivity index (χ3n) is 2.70. The molecule has 0 fully saturated rings. The number of halogens is 3. The normalized spacial score (nSPS) is 12.7. The van der Waals surface area contributed by atoms with Gasteiger partial charge in [0.1, 0.15) is 6.10 Å². The summed E-state index contributed by atoms with van der Waals surface area (Å²) in [4.78, 5) is 0. The topological polar surface area (TPSA) is 20.2 Å². The fourth-order valence-electron chi connectivity index (χ4n) is 1.70. The second-order valence-electron chi connectivity index (χ2n) is 3.89. The average molecular weight is 269 g/mol. The van der Waals surface area contributed by atoms with Gasteiger partial charge in [-0.3, -0.25) is 0 Å². The van der Waals surface area contributed by atoms with E-state index in [1.807, 2.05) is 0 Å². The highest BCUT2D eigenvalue weighted by molar-refractivity contribution is 6.31. The Morgan fingerprint density at radius 2 is 1.44 bits per heavy atom. The molecule has 1 nitrogen and oxygen atoms in total. The Balaban J connectivity index is 2.29. The van der Waals surface area contributed by atoms with Crippen molar-refractivity contribution in [3.8, 4) is 0 Å². The molecule has 1 unspecified atom stereocenters. The molecule has 0 aliphatic carbocycles. The van der Waals surface area contributed by atoms with E-state index in [9.17, 15) is 13.9 Å². The molecule has 2 aromatic rings. The zero-order chi connectivity index (χ0) is 13.1. The second-order valence-corrected chi connectivity index (χ2v) is 4.30. The SMILES string of the molecule is OC(c1ccc(C(F)F)cc1)c1ccccc1Cl. The molecule has 0 aromatic heterocycles. The minimum atomic E-state index is -2.50. The standard InChI is InChI=1S/C14H11ClF2O/c15-12-4-2-1-3-11(12)13(18)9-5-7-10(8-6-9)14(16)17/h1-8,13-14,18H. The van der Waals surface area contributed by atoms with Crippen molar-refractivity contribution in [3.05, 3.63) is 70.2 Å². The maximum Gasteiger partial charge on any atom is 0.263 e. The Bertz CT molecular complexity index is 526. The molecular weight excluding hydrogens is 258 g/mol. The van der Waals surface area contributed by atoms with Crippen molar-refractivity contribution in [3.63, 3.8) is 0 Å². The van der Waals surface area contributed by atoms with E-state index in [1.165, 1.54) is 24.3 Å². The highest BCUT2D eigenvalue weighted by Crippen LogP contribution is 2.29.